The minimum absolute atomic E-state index is 0.357. The van der Waals surface area contributed by atoms with E-state index in [4.69, 9.17) is 17.3 Å². The van der Waals surface area contributed by atoms with E-state index in [1.165, 1.54) is 23.5 Å². The molecular formula is C11H10ClFN2S. The van der Waals surface area contributed by atoms with Crippen molar-refractivity contribution in [1.29, 1.82) is 0 Å². The number of nitrogen functional groups attached to an aromatic ring is 1. The molecule has 1 aromatic carbocycles. The number of benzene rings is 1. The van der Waals surface area contributed by atoms with Crippen LogP contribution in [0.4, 0.5) is 9.39 Å². The predicted octanol–water partition coefficient (Wildman–Crippen LogP) is 3.75. The quantitative estimate of drug-likeness (QED) is 0.889. The van der Waals surface area contributed by atoms with Crippen LogP contribution < -0.4 is 5.73 Å². The van der Waals surface area contributed by atoms with Crippen molar-refractivity contribution in [1.82, 2.24) is 4.98 Å². The average molecular weight is 257 g/mol. The highest BCUT2D eigenvalue weighted by atomic mass is 35.5. The Hall–Kier alpha value is -1.13. The fraction of sp³-hybridized carbons (Fsp3) is 0.182. The van der Waals surface area contributed by atoms with Gasteiger partial charge in [-0.1, -0.05) is 18.5 Å². The van der Waals surface area contributed by atoms with E-state index in [1.54, 1.807) is 6.07 Å². The SMILES string of the molecule is CCc1nc(-c2cc(Cl)ccc2F)c(N)s1. The Morgan fingerprint density at radius 3 is 2.88 bits per heavy atom. The molecule has 0 bridgehead atoms. The molecule has 2 aromatic rings. The molecule has 0 spiro atoms. The van der Waals surface area contributed by atoms with Crippen LogP contribution in [-0.2, 0) is 6.42 Å². The monoisotopic (exact) mass is 256 g/mol. The summed E-state index contributed by atoms with van der Waals surface area (Å²) >= 11 is 7.21. The summed E-state index contributed by atoms with van der Waals surface area (Å²) in [5, 5.41) is 1.90. The lowest BCUT2D eigenvalue weighted by Crippen LogP contribution is -1.90. The van der Waals surface area contributed by atoms with Crippen molar-refractivity contribution in [2.45, 2.75) is 13.3 Å². The van der Waals surface area contributed by atoms with Gasteiger partial charge in [-0.15, -0.1) is 11.3 Å². The molecule has 0 atom stereocenters. The fourth-order valence-corrected chi connectivity index (χ4v) is 2.36. The number of aryl methyl sites for hydroxylation is 1. The Morgan fingerprint density at radius 1 is 1.50 bits per heavy atom. The van der Waals surface area contributed by atoms with Crippen LogP contribution in [0.2, 0.25) is 5.02 Å². The lowest BCUT2D eigenvalue weighted by Gasteiger charge is -2.01. The number of anilines is 1. The summed E-state index contributed by atoms with van der Waals surface area (Å²) in [5.74, 6) is -0.357. The molecule has 0 aliphatic heterocycles. The van der Waals surface area contributed by atoms with Gasteiger partial charge >= 0.3 is 0 Å². The third kappa shape index (κ3) is 2.03. The molecule has 0 saturated carbocycles. The van der Waals surface area contributed by atoms with Crippen molar-refractivity contribution >= 4 is 27.9 Å². The van der Waals surface area contributed by atoms with Gasteiger partial charge in [-0.25, -0.2) is 9.37 Å². The number of rotatable bonds is 2. The molecule has 0 unspecified atom stereocenters. The molecular weight excluding hydrogens is 247 g/mol. The van der Waals surface area contributed by atoms with E-state index in [-0.39, 0.29) is 5.82 Å². The second kappa shape index (κ2) is 4.39. The normalized spacial score (nSPS) is 10.7. The topological polar surface area (TPSA) is 38.9 Å². The maximum absolute atomic E-state index is 13.6. The lowest BCUT2D eigenvalue weighted by molar-refractivity contribution is 0.631. The summed E-state index contributed by atoms with van der Waals surface area (Å²) in [6, 6.07) is 4.37. The molecule has 2 rings (SSSR count). The maximum atomic E-state index is 13.6. The van der Waals surface area contributed by atoms with Crippen LogP contribution in [0.15, 0.2) is 18.2 Å². The fourth-order valence-electron chi connectivity index (χ4n) is 1.40. The van der Waals surface area contributed by atoms with E-state index >= 15 is 0 Å². The zero-order valence-corrected chi connectivity index (χ0v) is 10.2. The van der Waals surface area contributed by atoms with Crippen molar-refractivity contribution in [3.63, 3.8) is 0 Å². The van der Waals surface area contributed by atoms with E-state index in [9.17, 15) is 4.39 Å². The third-order valence-electron chi connectivity index (χ3n) is 2.18. The number of hydrogen-bond acceptors (Lipinski definition) is 3. The molecule has 0 fully saturated rings. The van der Waals surface area contributed by atoms with E-state index in [1.807, 2.05) is 6.92 Å². The van der Waals surface area contributed by atoms with Crippen molar-refractivity contribution in [2.75, 3.05) is 5.73 Å². The van der Waals surface area contributed by atoms with E-state index in [0.717, 1.165) is 11.4 Å². The zero-order chi connectivity index (χ0) is 11.7. The number of hydrogen-bond donors (Lipinski definition) is 1. The lowest BCUT2D eigenvalue weighted by atomic mass is 10.1. The van der Waals surface area contributed by atoms with Gasteiger partial charge in [-0.3, -0.25) is 0 Å². The molecule has 0 amide bonds. The molecule has 0 saturated heterocycles. The molecule has 0 aliphatic rings. The molecule has 16 heavy (non-hydrogen) atoms. The van der Waals surface area contributed by atoms with Crippen molar-refractivity contribution in [2.24, 2.45) is 0 Å². The van der Waals surface area contributed by atoms with Gasteiger partial charge in [0, 0.05) is 10.6 Å². The third-order valence-corrected chi connectivity index (χ3v) is 3.45. The summed E-state index contributed by atoms with van der Waals surface area (Å²) in [5.41, 5.74) is 6.66. The Kier molecular flexibility index (Phi) is 3.12. The summed E-state index contributed by atoms with van der Waals surface area (Å²) in [4.78, 5) is 4.30. The maximum Gasteiger partial charge on any atom is 0.132 e. The van der Waals surface area contributed by atoms with Crippen LogP contribution in [-0.4, -0.2) is 4.98 Å². The number of thiazole rings is 1. The Balaban J connectivity index is 2.57. The van der Waals surface area contributed by atoms with E-state index in [2.05, 4.69) is 4.98 Å². The van der Waals surface area contributed by atoms with Gasteiger partial charge in [0.25, 0.3) is 0 Å². The minimum Gasteiger partial charge on any atom is -0.389 e. The largest absolute Gasteiger partial charge is 0.389 e. The highest BCUT2D eigenvalue weighted by Crippen LogP contribution is 2.33. The summed E-state index contributed by atoms with van der Waals surface area (Å²) in [6.07, 6.45) is 0.789. The standard InChI is InChI=1S/C11H10ClFN2S/c1-2-9-15-10(11(14)16-9)7-5-6(12)3-4-8(7)13/h3-5H,2,14H2,1H3. The minimum atomic E-state index is -0.357. The van der Waals surface area contributed by atoms with E-state index in [0.29, 0.717) is 21.3 Å². The first-order chi connectivity index (χ1) is 7.61. The van der Waals surface area contributed by atoms with Gasteiger partial charge in [-0.2, -0.15) is 0 Å². The van der Waals surface area contributed by atoms with Crippen molar-refractivity contribution < 1.29 is 4.39 Å². The molecule has 1 heterocycles. The Bertz CT molecular complexity index is 525. The van der Waals surface area contributed by atoms with Crippen molar-refractivity contribution in [3.8, 4) is 11.3 Å². The first-order valence-corrected chi connectivity index (χ1v) is 6.02. The van der Waals surface area contributed by atoms with E-state index < -0.39 is 0 Å². The van der Waals surface area contributed by atoms with Gasteiger partial charge in [0.15, 0.2) is 0 Å². The molecule has 84 valence electrons. The molecule has 0 radical (unpaired) electrons. The average Bonchev–Trinajstić information content (AvgIpc) is 2.63. The van der Waals surface area contributed by atoms with Crippen molar-refractivity contribution in [3.05, 3.63) is 34.0 Å². The van der Waals surface area contributed by atoms with Crippen LogP contribution in [0.25, 0.3) is 11.3 Å². The van der Waals surface area contributed by atoms with Gasteiger partial charge < -0.3 is 5.73 Å². The number of halogens is 2. The highest BCUT2D eigenvalue weighted by Gasteiger charge is 2.14. The molecule has 5 heteroatoms. The second-order valence-corrected chi connectivity index (χ2v) is 4.85. The smallest absolute Gasteiger partial charge is 0.132 e. The van der Waals surface area contributed by atoms with Crippen LogP contribution in [0.3, 0.4) is 0 Å². The summed E-state index contributed by atoms with van der Waals surface area (Å²) in [7, 11) is 0. The summed E-state index contributed by atoms with van der Waals surface area (Å²) < 4.78 is 13.6. The highest BCUT2D eigenvalue weighted by molar-refractivity contribution is 7.16. The van der Waals surface area contributed by atoms with Crippen LogP contribution in [0.5, 0.6) is 0 Å². The van der Waals surface area contributed by atoms with Crippen LogP contribution in [0.1, 0.15) is 11.9 Å². The Morgan fingerprint density at radius 2 is 2.25 bits per heavy atom. The number of nitrogens with two attached hydrogens (primary N) is 1. The molecule has 0 aliphatic carbocycles. The van der Waals surface area contributed by atoms with Crippen LogP contribution >= 0.6 is 22.9 Å². The second-order valence-electron chi connectivity index (χ2n) is 3.30. The Labute approximate surface area is 102 Å². The number of aromatic nitrogens is 1. The molecule has 1 aromatic heterocycles. The van der Waals surface area contributed by atoms with Gasteiger partial charge in [-0.05, 0) is 24.6 Å². The van der Waals surface area contributed by atoms with Gasteiger partial charge in [0.2, 0.25) is 0 Å². The van der Waals surface area contributed by atoms with Gasteiger partial charge in [0.1, 0.15) is 16.5 Å². The molecule has 2 nitrogen and oxygen atoms in total. The predicted molar refractivity (Wildman–Crippen MR) is 66.3 cm³/mol. The number of nitrogens with zero attached hydrogens (tertiary/aromatic N) is 1. The zero-order valence-electron chi connectivity index (χ0n) is 8.63. The first-order valence-electron chi connectivity index (χ1n) is 4.82. The molecule has 2 N–H and O–H groups in total. The summed E-state index contributed by atoms with van der Waals surface area (Å²) in [6.45, 7) is 1.98. The van der Waals surface area contributed by atoms with Crippen LogP contribution in [0, 0.1) is 5.82 Å². The first kappa shape index (κ1) is 11.4. The van der Waals surface area contributed by atoms with Gasteiger partial charge in [0.05, 0.1) is 5.01 Å².